The van der Waals surface area contributed by atoms with Gasteiger partial charge in [0.1, 0.15) is 11.4 Å². The zero-order valence-corrected chi connectivity index (χ0v) is 12.1. The summed E-state index contributed by atoms with van der Waals surface area (Å²) in [5, 5.41) is 17.6. The maximum absolute atomic E-state index is 12.5. The Bertz CT molecular complexity index is 912. The van der Waals surface area contributed by atoms with Crippen LogP contribution in [0.2, 0.25) is 0 Å². The Labute approximate surface area is 130 Å². The van der Waals surface area contributed by atoms with Crippen LogP contribution >= 0.6 is 0 Å². The smallest absolute Gasteiger partial charge is 0.299 e. The van der Waals surface area contributed by atoms with Crippen LogP contribution in [-0.2, 0) is 0 Å². The minimum absolute atomic E-state index is 0.134. The topological polar surface area (TPSA) is 103 Å². The van der Waals surface area contributed by atoms with Gasteiger partial charge >= 0.3 is 0 Å². The SMILES string of the molecule is COc1ccc(-c2n[nH]n(-c3ccccc3[N+](=O)[O-])c2=O)cc1. The van der Waals surface area contributed by atoms with Crippen molar-refractivity contribution in [3.8, 4) is 22.7 Å². The van der Waals surface area contributed by atoms with Crippen LogP contribution in [0, 0.1) is 10.1 Å². The average molecular weight is 312 g/mol. The number of H-pyrrole nitrogens is 1. The van der Waals surface area contributed by atoms with Gasteiger partial charge in [-0.2, -0.15) is 9.78 Å². The molecule has 8 nitrogen and oxygen atoms in total. The van der Waals surface area contributed by atoms with Crippen molar-refractivity contribution in [3.63, 3.8) is 0 Å². The Morgan fingerprint density at radius 1 is 1.17 bits per heavy atom. The number of hydrogen-bond acceptors (Lipinski definition) is 5. The second-order valence-corrected chi connectivity index (χ2v) is 4.68. The van der Waals surface area contributed by atoms with E-state index < -0.39 is 10.5 Å². The molecular weight excluding hydrogens is 300 g/mol. The molecule has 0 fully saturated rings. The number of nitro benzene ring substituents is 1. The molecular formula is C15H12N4O4. The predicted molar refractivity (Wildman–Crippen MR) is 82.8 cm³/mol. The number of para-hydroxylation sites is 2. The van der Waals surface area contributed by atoms with Crippen LogP contribution < -0.4 is 10.3 Å². The summed E-state index contributed by atoms with van der Waals surface area (Å²) < 4.78 is 6.12. The molecule has 3 aromatic rings. The van der Waals surface area contributed by atoms with E-state index in [0.717, 1.165) is 4.68 Å². The van der Waals surface area contributed by atoms with Crippen molar-refractivity contribution in [2.24, 2.45) is 0 Å². The van der Waals surface area contributed by atoms with Crippen LogP contribution in [0.15, 0.2) is 53.3 Å². The molecule has 2 aromatic carbocycles. The number of aromatic nitrogens is 3. The van der Waals surface area contributed by atoms with E-state index in [4.69, 9.17) is 4.74 Å². The fourth-order valence-electron chi connectivity index (χ4n) is 2.21. The molecule has 1 heterocycles. The van der Waals surface area contributed by atoms with Crippen molar-refractivity contribution in [2.75, 3.05) is 7.11 Å². The second-order valence-electron chi connectivity index (χ2n) is 4.68. The minimum Gasteiger partial charge on any atom is -0.497 e. The number of ether oxygens (including phenoxy) is 1. The van der Waals surface area contributed by atoms with E-state index in [9.17, 15) is 14.9 Å². The van der Waals surface area contributed by atoms with Crippen LogP contribution in [0.1, 0.15) is 0 Å². The Morgan fingerprint density at radius 2 is 1.87 bits per heavy atom. The van der Waals surface area contributed by atoms with Gasteiger partial charge in [0.05, 0.1) is 12.0 Å². The first-order chi connectivity index (χ1) is 11.1. The van der Waals surface area contributed by atoms with Crippen LogP contribution in [0.3, 0.4) is 0 Å². The lowest BCUT2D eigenvalue weighted by Gasteiger charge is -2.01. The molecule has 0 aliphatic carbocycles. The highest BCUT2D eigenvalue weighted by Crippen LogP contribution is 2.22. The number of nitro groups is 1. The number of benzene rings is 2. The van der Waals surface area contributed by atoms with Gasteiger partial charge in [-0.1, -0.05) is 12.1 Å². The van der Waals surface area contributed by atoms with Crippen LogP contribution in [-0.4, -0.2) is 27.0 Å². The lowest BCUT2D eigenvalue weighted by Crippen LogP contribution is -2.16. The molecule has 0 aliphatic heterocycles. The fourth-order valence-corrected chi connectivity index (χ4v) is 2.21. The summed E-state index contributed by atoms with van der Waals surface area (Å²) in [7, 11) is 1.55. The maximum Gasteiger partial charge on any atom is 0.299 e. The summed E-state index contributed by atoms with van der Waals surface area (Å²) in [6.07, 6.45) is 0. The molecule has 0 spiro atoms. The van der Waals surface area contributed by atoms with Gasteiger partial charge < -0.3 is 4.74 Å². The molecule has 0 unspecified atom stereocenters. The van der Waals surface area contributed by atoms with Gasteiger partial charge in [0, 0.05) is 11.6 Å². The zero-order chi connectivity index (χ0) is 16.4. The molecule has 1 N–H and O–H groups in total. The van der Waals surface area contributed by atoms with E-state index in [0.29, 0.717) is 11.3 Å². The number of rotatable bonds is 4. The standard InChI is InChI=1S/C15H12N4O4/c1-23-11-8-6-10(7-9-11)14-15(20)18(17-16-14)12-4-2-3-5-13(12)19(21)22/h2-9,17H,1H3. The Kier molecular flexibility index (Phi) is 3.63. The number of hydrogen-bond donors (Lipinski definition) is 1. The zero-order valence-electron chi connectivity index (χ0n) is 12.1. The summed E-state index contributed by atoms with van der Waals surface area (Å²) in [6.45, 7) is 0. The van der Waals surface area contributed by atoms with E-state index in [2.05, 4.69) is 10.3 Å². The van der Waals surface area contributed by atoms with E-state index in [1.807, 2.05) is 0 Å². The molecule has 0 atom stereocenters. The van der Waals surface area contributed by atoms with Crippen molar-refractivity contribution in [1.82, 2.24) is 15.0 Å². The van der Waals surface area contributed by atoms with Gasteiger partial charge in [-0.3, -0.25) is 14.9 Å². The van der Waals surface area contributed by atoms with Gasteiger partial charge in [-0.25, -0.2) is 5.21 Å². The third-order valence-electron chi connectivity index (χ3n) is 3.35. The van der Waals surface area contributed by atoms with Gasteiger partial charge in [-0.05, 0) is 30.3 Å². The van der Waals surface area contributed by atoms with E-state index in [-0.39, 0.29) is 17.1 Å². The molecule has 23 heavy (non-hydrogen) atoms. The highest BCUT2D eigenvalue weighted by molar-refractivity contribution is 5.60. The number of aromatic amines is 1. The lowest BCUT2D eigenvalue weighted by atomic mass is 10.1. The summed E-state index contributed by atoms with van der Waals surface area (Å²) in [5.74, 6) is 0.656. The first-order valence-electron chi connectivity index (χ1n) is 6.67. The summed E-state index contributed by atoms with van der Waals surface area (Å²) >= 11 is 0. The summed E-state index contributed by atoms with van der Waals surface area (Å²) in [5.41, 5.74) is 0.244. The Balaban J connectivity index is 2.10. The largest absolute Gasteiger partial charge is 0.497 e. The van der Waals surface area contributed by atoms with Crippen molar-refractivity contribution in [1.29, 1.82) is 0 Å². The normalized spacial score (nSPS) is 10.5. The quantitative estimate of drug-likeness (QED) is 0.587. The fraction of sp³-hybridized carbons (Fsp3) is 0.0667. The molecule has 1 aromatic heterocycles. The molecule has 0 aliphatic rings. The first-order valence-corrected chi connectivity index (χ1v) is 6.67. The third-order valence-corrected chi connectivity index (χ3v) is 3.35. The number of nitrogens with one attached hydrogen (secondary N) is 1. The maximum atomic E-state index is 12.5. The summed E-state index contributed by atoms with van der Waals surface area (Å²) in [4.78, 5) is 23.1. The van der Waals surface area contributed by atoms with Gasteiger partial charge in [-0.15, -0.1) is 0 Å². The Morgan fingerprint density at radius 3 is 2.52 bits per heavy atom. The number of nitrogens with zero attached hydrogens (tertiary/aromatic N) is 3. The molecule has 3 rings (SSSR count). The van der Waals surface area contributed by atoms with E-state index >= 15 is 0 Å². The lowest BCUT2D eigenvalue weighted by molar-refractivity contribution is -0.384. The van der Waals surface area contributed by atoms with Crippen LogP contribution in [0.4, 0.5) is 5.69 Å². The van der Waals surface area contributed by atoms with Crippen LogP contribution in [0.25, 0.3) is 16.9 Å². The predicted octanol–water partition coefficient (Wildman–Crippen LogP) is 2.14. The molecule has 0 saturated heterocycles. The van der Waals surface area contributed by atoms with Gasteiger partial charge in [0.2, 0.25) is 0 Å². The van der Waals surface area contributed by atoms with E-state index in [1.165, 1.54) is 18.2 Å². The molecule has 0 bridgehead atoms. The summed E-state index contributed by atoms with van der Waals surface area (Å²) in [6, 6.07) is 12.8. The van der Waals surface area contributed by atoms with Crippen LogP contribution in [0.5, 0.6) is 5.75 Å². The van der Waals surface area contributed by atoms with Gasteiger partial charge in [0.15, 0.2) is 5.69 Å². The minimum atomic E-state index is -0.546. The van der Waals surface area contributed by atoms with Crippen molar-refractivity contribution in [2.45, 2.75) is 0 Å². The molecule has 116 valence electrons. The molecule has 0 radical (unpaired) electrons. The van der Waals surface area contributed by atoms with Crippen molar-refractivity contribution in [3.05, 3.63) is 69.0 Å². The molecule has 0 amide bonds. The van der Waals surface area contributed by atoms with Crippen molar-refractivity contribution >= 4 is 5.69 Å². The molecule has 8 heteroatoms. The van der Waals surface area contributed by atoms with Crippen molar-refractivity contribution < 1.29 is 9.66 Å². The Hall–Kier alpha value is -3.42. The van der Waals surface area contributed by atoms with Gasteiger partial charge in [0.25, 0.3) is 11.2 Å². The highest BCUT2D eigenvalue weighted by atomic mass is 16.6. The van der Waals surface area contributed by atoms with E-state index in [1.54, 1.807) is 37.4 Å². The monoisotopic (exact) mass is 312 g/mol. The second kappa shape index (κ2) is 5.76. The highest BCUT2D eigenvalue weighted by Gasteiger charge is 2.19. The average Bonchev–Trinajstić information content (AvgIpc) is 2.96. The number of methoxy groups -OCH3 is 1. The third kappa shape index (κ3) is 2.57. The first kappa shape index (κ1) is 14.5. The molecule has 0 saturated carbocycles.